The molecule has 1 aromatic rings. The Hall–Kier alpha value is -1.43. The molecule has 0 saturated carbocycles. The molecule has 6 heteroatoms. The SMILES string of the molecule is CCOC(=O)c1ncc(CC(=O)OC)s1. The van der Waals surface area contributed by atoms with E-state index in [-0.39, 0.29) is 17.4 Å². The number of hydrogen-bond acceptors (Lipinski definition) is 6. The molecule has 0 aliphatic heterocycles. The van der Waals surface area contributed by atoms with Gasteiger partial charge in [0.1, 0.15) is 0 Å². The van der Waals surface area contributed by atoms with Crippen molar-refractivity contribution >= 4 is 23.3 Å². The Bertz CT molecular complexity index is 361. The van der Waals surface area contributed by atoms with Crippen LogP contribution in [0.1, 0.15) is 21.6 Å². The highest BCUT2D eigenvalue weighted by Crippen LogP contribution is 2.14. The fourth-order valence-electron chi connectivity index (χ4n) is 0.891. The third-order valence-electron chi connectivity index (χ3n) is 1.55. The molecule has 0 saturated heterocycles. The van der Waals surface area contributed by atoms with Crippen LogP contribution < -0.4 is 0 Å². The van der Waals surface area contributed by atoms with E-state index in [2.05, 4.69) is 9.72 Å². The maximum atomic E-state index is 11.2. The molecular weight excluding hydrogens is 218 g/mol. The molecule has 0 aliphatic carbocycles. The van der Waals surface area contributed by atoms with Crippen LogP contribution in [0.2, 0.25) is 0 Å². The van der Waals surface area contributed by atoms with E-state index in [4.69, 9.17) is 4.74 Å². The lowest BCUT2D eigenvalue weighted by molar-refractivity contribution is -0.139. The molecule has 82 valence electrons. The lowest BCUT2D eigenvalue weighted by atomic mass is 10.4. The minimum Gasteiger partial charge on any atom is -0.469 e. The molecule has 0 N–H and O–H groups in total. The summed E-state index contributed by atoms with van der Waals surface area (Å²) in [4.78, 5) is 26.7. The van der Waals surface area contributed by atoms with Crippen molar-refractivity contribution in [3.05, 3.63) is 16.1 Å². The minimum absolute atomic E-state index is 0.133. The van der Waals surface area contributed by atoms with Crippen molar-refractivity contribution < 1.29 is 19.1 Å². The molecular formula is C9H11NO4S. The van der Waals surface area contributed by atoms with Crippen LogP contribution in [-0.2, 0) is 20.7 Å². The van der Waals surface area contributed by atoms with Crippen molar-refractivity contribution in [2.75, 3.05) is 13.7 Å². The van der Waals surface area contributed by atoms with Crippen LogP contribution in [-0.4, -0.2) is 30.6 Å². The highest BCUT2D eigenvalue weighted by atomic mass is 32.1. The Morgan fingerprint density at radius 1 is 1.53 bits per heavy atom. The number of carbonyl (C=O) groups is 2. The summed E-state index contributed by atoms with van der Waals surface area (Å²) in [5, 5.41) is 0.260. The standard InChI is InChI=1S/C9H11NO4S/c1-3-14-9(12)8-10-5-6(15-8)4-7(11)13-2/h5H,3-4H2,1-2H3. The van der Waals surface area contributed by atoms with E-state index < -0.39 is 5.97 Å². The monoisotopic (exact) mass is 229 g/mol. The van der Waals surface area contributed by atoms with Crippen LogP contribution >= 0.6 is 11.3 Å². The number of hydrogen-bond donors (Lipinski definition) is 0. The minimum atomic E-state index is -0.460. The zero-order chi connectivity index (χ0) is 11.3. The van der Waals surface area contributed by atoms with Gasteiger partial charge in [0.05, 0.1) is 20.1 Å². The highest BCUT2D eigenvalue weighted by molar-refractivity contribution is 7.13. The molecule has 0 amide bonds. The van der Waals surface area contributed by atoms with Crippen LogP contribution in [0.25, 0.3) is 0 Å². The van der Waals surface area contributed by atoms with E-state index in [1.807, 2.05) is 0 Å². The molecule has 0 aromatic carbocycles. The number of methoxy groups -OCH3 is 1. The molecule has 0 fully saturated rings. The third-order valence-corrected chi connectivity index (χ3v) is 2.53. The van der Waals surface area contributed by atoms with Gasteiger partial charge in [0, 0.05) is 11.1 Å². The number of thiazole rings is 1. The molecule has 5 nitrogen and oxygen atoms in total. The summed E-state index contributed by atoms with van der Waals surface area (Å²) in [5.41, 5.74) is 0. The molecule has 1 aromatic heterocycles. The summed E-state index contributed by atoms with van der Waals surface area (Å²) >= 11 is 1.14. The number of aromatic nitrogens is 1. The summed E-state index contributed by atoms with van der Waals surface area (Å²) in [6, 6.07) is 0. The molecule has 0 radical (unpaired) electrons. The number of rotatable bonds is 4. The van der Waals surface area contributed by atoms with Crippen LogP contribution in [0.3, 0.4) is 0 Å². The predicted octanol–water partition coefficient (Wildman–Crippen LogP) is 1.04. The van der Waals surface area contributed by atoms with Gasteiger partial charge >= 0.3 is 11.9 Å². The Kier molecular flexibility index (Phi) is 4.23. The summed E-state index contributed by atoms with van der Waals surface area (Å²) in [6.07, 6.45) is 1.61. The van der Waals surface area contributed by atoms with Gasteiger partial charge in [-0.1, -0.05) is 0 Å². The number of ether oxygens (including phenoxy) is 2. The van der Waals surface area contributed by atoms with Crippen molar-refractivity contribution in [3.8, 4) is 0 Å². The summed E-state index contributed by atoms with van der Waals surface area (Å²) in [7, 11) is 1.32. The quantitative estimate of drug-likeness (QED) is 0.721. The molecule has 0 spiro atoms. The van der Waals surface area contributed by atoms with Crippen LogP contribution in [0, 0.1) is 0 Å². The van der Waals surface area contributed by atoms with E-state index in [1.165, 1.54) is 13.3 Å². The first-order valence-electron chi connectivity index (χ1n) is 4.36. The van der Waals surface area contributed by atoms with E-state index >= 15 is 0 Å². The predicted molar refractivity (Wildman–Crippen MR) is 53.8 cm³/mol. The molecule has 0 bridgehead atoms. The third kappa shape index (κ3) is 3.32. The molecule has 0 aliphatic rings. The molecule has 0 unspecified atom stereocenters. The van der Waals surface area contributed by atoms with Gasteiger partial charge in [-0.25, -0.2) is 9.78 Å². The van der Waals surface area contributed by atoms with Crippen molar-refractivity contribution in [1.82, 2.24) is 4.98 Å². The fraction of sp³-hybridized carbons (Fsp3) is 0.444. The molecule has 15 heavy (non-hydrogen) atoms. The van der Waals surface area contributed by atoms with Crippen molar-refractivity contribution in [2.45, 2.75) is 13.3 Å². The molecule has 0 atom stereocenters. The molecule has 1 rings (SSSR count). The van der Waals surface area contributed by atoms with Gasteiger partial charge in [-0.2, -0.15) is 0 Å². The fourth-order valence-corrected chi connectivity index (χ4v) is 1.68. The van der Waals surface area contributed by atoms with E-state index in [0.717, 1.165) is 11.3 Å². The normalized spacial score (nSPS) is 9.73. The van der Waals surface area contributed by atoms with Crippen LogP contribution in [0.5, 0.6) is 0 Å². The van der Waals surface area contributed by atoms with Crippen molar-refractivity contribution in [1.29, 1.82) is 0 Å². The summed E-state index contributed by atoms with van der Waals surface area (Å²) in [5.74, 6) is -0.812. The Morgan fingerprint density at radius 3 is 2.87 bits per heavy atom. The first-order valence-corrected chi connectivity index (χ1v) is 5.17. The second-order valence-corrected chi connectivity index (χ2v) is 3.72. The highest BCUT2D eigenvalue weighted by Gasteiger charge is 2.13. The maximum Gasteiger partial charge on any atom is 0.367 e. The number of nitrogens with zero attached hydrogens (tertiary/aromatic N) is 1. The number of carbonyl (C=O) groups excluding carboxylic acids is 2. The zero-order valence-electron chi connectivity index (χ0n) is 8.48. The second-order valence-electron chi connectivity index (χ2n) is 2.61. The Morgan fingerprint density at radius 2 is 2.27 bits per heavy atom. The van der Waals surface area contributed by atoms with Gasteiger partial charge in [0.25, 0.3) is 0 Å². The Balaban J connectivity index is 2.63. The largest absolute Gasteiger partial charge is 0.469 e. The van der Waals surface area contributed by atoms with E-state index in [0.29, 0.717) is 11.5 Å². The van der Waals surface area contributed by atoms with Gasteiger partial charge in [-0.3, -0.25) is 4.79 Å². The van der Waals surface area contributed by atoms with Gasteiger partial charge in [0.2, 0.25) is 5.01 Å². The number of esters is 2. The average molecular weight is 229 g/mol. The van der Waals surface area contributed by atoms with Gasteiger partial charge in [-0.05, 0) is 6.92 Å². The summed E-state index contributed by atoms with van der Waals surface area (Å²) in [6.45, 7) is 2.03. The maximum absolute atomic E-state index is 11.2. The van der Waals surface area contributed by atoms with Gasteiger partial charge in [-0.15, -0.1) is 11.3 Å². The topological polar surface area (TPSA) is 65.5 Å². The smallest absolute Gasteiger partial charge is 0.367 e. The second kappa shape index (κ2) is 5.45. The summed E-state index contributed by atoms with van der Waals surface area (Å²) < 4.78 is 9.26. The first kappa shape index (κ1) is 11.6. The van der Waals surface area contributed by atoms with Gasteiger partial charge in [0.15, 0.2) is 0 Å². The van der Waals surface area contributed by atoms with Crippen molar-refractivity contribution in [3.63, 3.8) is 0 Å². The van der Waals surface area contributed by atoms with Gasteiger partial charge < -0.3 is 9.47 Å². The zero-order valence-corrected chi connectivity index (χ0v) is 9.30. The van der Waals surface area contributed by atoms with Crippen LogP contribution in [0.15, 0.2) is 6.20 Å². The van der Waals surface area contributed by atoms with E-state index in [9.17, 15) is 9.59 Å². The molecule has 1 heterocycles. The Labute approximate surface area is 91.0 Å². The average Bonchev–Trinajstić information content (AvgIpc) is 2.66. The van der Waals surface area contributed by atoms with Crippen LogP contribution in [0.4, 0.5) is 0 Å². The van der Waals surface area contributed by atoms with Crippen molar-refractivity contribution in [2.24, 2.45) is 0 Å². The lowest BCUT2D eigenvalue weighted by Gasteiger charge is -1.95. The lowest BCUT2D eigenvalue weighted by Crippen LogP contribution is -2.03. The van der Waals surface area contributed by atoms with E-state index in [1.54, 1.807) is 6.92 Å². The first-order chi connectivity index (χ1) is 7.17.